The summed E-state index contributed by atoms with van der Waals surface area (Å²) in [6, 6.07) is -0.774. The highest BCUT2D eigenvalue weighted by atomic mass is 32.2. The molecule has 1 atom stereocenters. The zero-order chi connectivity index (χ0) is 11.5. The molecule has 1 saturated heterocycles. The second-order valence-corrected chi connectivity index (χ2v) is 4.33. The van der Waals surface area contributed by atoms with E-state index in [2.05, 4.69) is 0 Å². The van der Waals surface area contributed by atoms with E-state index >= 15 is 0 Å². The van der Waals surface area contributed by atoms with Gasteiger partial charge in [0.2, 0.25) is 5.76 Å². The van der Waals surface area contributed by atoms with Gasteiger partial charge in [0, 0.05) is 5.75 Å². The maximum absolute atomic E-state index is 11.9. The molecule has 7 heteroatoms. The molecule has 2 heterocycles. The zero-order valence-electron chi connectivity index (χ0n) is 8.42. The molecule has 0 bridgehead atoms. The summed E-state index contributed by atoms with van der Waals surface area (Å²) >= 11 is 1.41. The molecule has 88 valence electrons. The van der Waals surface area contributed by atoms with Gasteiger partial charge in [0.15, 0.2) is 0 Å². The molecule has 2 aliphatic rings. The van der Waals surface area contributed by atoms with Crippen LogP contribution in [0.1, 0.15) is 0 Å². The summed E-state index contributed by atoms with van der Waals surface area (Å²) in [5, 5.41) is 8.93. The number of carbonyl (C=O) groups excluding carboxylic acids is 1. The van der Waals surface area contributed by atoms with Crippen molar-refractivity contribution in [1.82, 2.24) is 4.90 Å². The highest BCUT2D eigenvalue weighted by Gasteiger charge is 2.37. The molecule has 0 aromatic carbocycles. The monoisotopic (exact) mass is 245 g/mol. The Labute approximate surface area is 96.2 Å². The fourth-order valence-electron chi connectivity index (χ4n) is 1.47. The van der Waals surface area contributed by atoms with Crippen LogP contribution in [0.5, 0.6) is 0 Å². The maximum atomic E-state index is 11.9. The molecule has 0 aliphatic carbocycles. The largest absolute Gasteiger partial charge is 0.494 e. The van der Waals surface area contributed by atoms with Gasteiger partial charge in [-0.3, -0.25) is 4.79 Å². The average Bonchev–Trinajstić information content (AvgIpc) is 2.78. The maximum Gasteiger partial charge on any atom is 0.327 e. The minimum Gasteiger partial charge on any atom is -0.494 e. The van der Waals surface area contributed by atoms with E-state index in [1.165, 1.54) is 22.9 Å². The van der Waals surface area contributed by atoms with Gasteiger partial charge < -0.3 is 19.5 Å². The summed E-state index contributed by atoms with van der Waals surface area (Å²) in [6.45, 7) is 0.726. The Morgan fingerprint density at radius 2 is 2.31 bits per heavy atom. The van der Waals surface area contributed by atoms with Crippen molar-refractivity contribution in [3.8, 4) is 0 Å². The van der Waals surface area contributed by atoms with Crippen LogP contribution in [0.15, 0.2) is 12.0 Å². The van der Waals surface area contributed by atoms with Crippen molar-refractivity contribution in [3.63, 3.8) is 0 Å². The van der Waals surface area contributed by atoms with Crippen LogP contribution in [-0.2, 0) is 19.1 Å². The SMILES string of the molecule is O=C(O)C1CSCN1C(=O)C1=COCCO1. The van der Waals surface area contributed by atoms with Crippen LogP contribution < -0.4 is 0 Å². The van der Waals surface area contributed by atoms with E-state index in [4.69, 9.17) is 14.6 Å². The third-order valence-electron chi connectivity index (χ3n) is 2.29. The number of thioether (sulfide) groups is 1. The van der Waals surface area contributed by atoms with Crippen molar-refractivity contribution in [2.75, 3.05) is 24.8 Å². The molecule has 0 aromatic rings. The van der Waals surface area contributed by atoms with E-state index in [9.17, 15) is 9.59 Å². The average molecular weight is 245 g/mol. The third kappa shape index (κ3) is 2.08. The second kappa shape index (κ2) is 4.65. The smallest absolute Gasteiger partial charge is 0.327 e. The zero-order valence-corrected chi connectivity index (χ0v) is 9.24. The van der Waals surface area contributed by atoms with Gasteiger partial charge in [-0.1, -0.05) is 0 Å². The predicted molar refractivity (Wildman–Crippen MR) is 55.6 cm³/mol. The number of amides is 1. The van der Waals surface area contributed by atoms with Gasteiger partial charge >= 0.3 is 5.97 Å². The molecular weight excluding hydrogens is 234 g/mol. The molecule has 1 amide bonds. The third-order valence-corrected chi connectivity index (χ3v) is 3.30. The van der Waals surface area contributed by atoms with Crippen LogP contribution in [0.25, 0.3) is 0 Å². The van der Waals surface area contributed by atoms with Gasteiger partial charge in [0.1, 0.15) is 25.5 Å². The predicted octanol–water partition coefficient (Wildman–Crippen LogP) is -0.139. The van der Waals surface area contributed by atoms with Gasteiger partial charge in [-0.15, -0.1) is 11.8 Å². The number of carbonyl (C=O) groups is 2. The fourth-order valence-corrected chi connectivity index (χ4v) is 2.61. The highest BCUT2D eigenvalue weighted by Crippen LogP contribution is 2.23. The first-order valence-electron chi connectivity index (χ1n) is 4.76. The number of rotatable bonds is 2. The quantitative estimate of drug-likeness (QED) is 0.729. The lowest BCUT2D eigenvalue weighted by Gasteiger charge is -2.23. The normalized spacial score (nSPS) is 24.4. The molecule has 6 nitrogen and oxygen atoms in total. The van der Waals surface area contributed by atoms with Gasteiger partial charge in [-0.2, -0.15) is 0 Å². The Kier molecular flexibility index (Phi) is 3.23. The van der Waals surface area contributed by atoms with Gasteiger partial charge in [0.25, 0.3) is 5.91 Å². The van der Waals surface area contributed by atoms with Crippen LogP contribution in [0.3, 0.4) is 0 Å². The van der Waals surface area contributed by atoms with Crippen LogP contribution in [0.2, 0.25) is 0 Å². The summed E-state index contributed by atoms with van der Waals surface area (Å²) in [7, 11) is 0. The van der Waals surface area contributed by atoms with Crippen LogP contribution in [0, 0.1) is 0 Å². The number of hydrogen-bond donors (Lipinski definition) is 1. The molecule has 1 unspecified atom stereocenters. The molecule has 1 fully saturated rings. The lowest BCUT2D eigenvalue weighted by atomic mass is 10.3. The van der Waals surface area contributed by atoms with Gasteiger partial charge in [0.05, 0.1) is 5.88 Å². The van der Waals surface area contributed by atoms with E-state index in [0.717, 1.165) is 0 Å². The Morgan fingerprint density at radius 1 is 1.50 bits per heavy atom. The fraction of sp³-hybridized carbons (Fsp3) is 0.556. The number of hydrogen-bond acceptors (Lipinski definition) is 5. The molecule has 2 aliphatic heterocycles. The van der Waals surface area contributed by atoms with Gasteiger partial charge in [-0.05, 0) is 0 Å². The number of carboxylic acid groups (broad SMARTS) is 1. The van der Waals surface area contributed by atoms with Crippen LogP contribution in [0.4, 0.5) is 0 Å². The standard InChI is InChI=1S/C9H11NO5S/c11-8(7-3-14-1-2-15-7)10-5-16-4-6(10)9(12)13/h3,6H,1-2,4-5H2,(H,12,13). The van der Waals surface area contributed by atoms with Gasteiger partial charge in [-0.25, -0.2) is 4.79 Å². The van der Waals surface area contributed by atoms with Crippen LogP contribution >= 0.6 is 11.8 Å². The van der Waals surface area contributed by atoms with E-state index in [1.54, 1.807) is 0 Å². The lowest BCUT2D eigenvalue weighted by molar-refractivity contribution is -0.148. The van der Waals surface area contributed by atoms with Crippen molar-refractivity contribution < 1.29 is 24.2 Å². The summed E-state index contributed by atoms with van der Waals surface area (Å²) in [4.78, 5) is 24.1. The Hall–Kier alpha value is -1.37. The van der Waals surface area contributed by atoms with Crippen molar-refractivity contribution in [1.29, 1.82) is 0 Å². The highest BCUT2D eigenvalue weighted by molar-refractivity contribution is 7.99. The number of ether oxygens (including phenoxy) is 2. The molecule has 0 radical (unpaired) electrons. The summed E-state index contributed by atoms with van der Waals surface area (Å²) in [5.74, 6) is -0.543. The molecule has 1 N–H and O–H groups in total. The molecule has 0 saturated carbocycles. The van der Waals surface area contributed by atoms with Crippen molar-refractivity contribution >= 4 is 23.6 Å². The van der Waals surface area contributed by atoms with Crippen molar-refractivity contribution in [3.05, 3.63) is 12.0 Å². The second-order valence-electron chi connectivity index (χ2n) is 3.33. The summed E-state index contributed by atoms with van der Waals surface area (Å²) < 4.78 is 10.1. The summed E-state index contributed by atoms with van der Waals surface area (Å²) in [6.07, 6.45) is 1.24. The molecule has 2 rings (SSSR count). The topological polar surface area (TPSA) is 76.1 Å². The minimum atomic E-state index is -0.990. The molecule has 0 aromatic heterocycles. The van der Waals surface area contributed by atoms with Crippen molar-refractivity contribution in [2.45, 2.75) is 6.04 Å². The lowest BCUT2D eigenvalue weighted by Crippen LogP contribution is -2.43. The van der Waals surface area contributed by atoms with E-state index in [1.807, 2.05) is 0 Å². The minimum absolute atomic E-state index is 0.0833. The van der Waals surface area contributed by atoms with E-state index in [0.29, 0.717) is 24.8 Å². The first-order valence-corrected chi connectivity index (χ1v) is 5.91. The van der Waals surface area contributed by atoms with E-state index < -0.39 is 17.9 Å². The van der Waals surface area contributed by atoms with Crippen LogP contribution in [-0.4, -0.2) is 52.8 Å². The van der Waals surface area contributed by atoms with Crippen molar-refractivity contribution in [2.24, 2.45) is 0 Å². The first-order chi connectivity index (χ1) is 7.70. The van der Waals surface area contributed by atoms with E-state index in [-0.39, 0.29) is 5.76 Å². The molecule has 16 heavy (non-hydrogen) atoms. The Balaban J connectivity index is 2.08. The Bertz CT molecular complexity index is 343. The number of nitrogens with zero attached hydrogens (tertiary/aromatic N) is 1. The molecular formula is C9H11NO5S. The summed E-state index contributed by atoms with van der Waals surface area (Å²) in [5.41, 5.74) is 0. The first kappa shape index (κ1) is 11.1. The Morgan fingerprint density at radius 3 is 2.94 bits per heavy atom. The number of aliphatic carboxylic acids is 1. The number of carboxylic acids is 1. The molecule has 0 spiro atoms.